The number of rotatable bonds is 8. The Hall–Kier alpha value is -2.86. The summed E-state index contributed by atoms with van der Waals surface area (Å²) < 4.78 is 34.4. The molecule has 4 rings (SSSR count). The molecule has 3 N–H and O–H groups in total. The van der Waals surface area contributed by atoms with Crippen molar-refractivity contribution in [3.8, 4) is 5.75 Å². The molecule has 42 heavy (non-hydrogen) atoms. The van der Waals surface area contributed by atoms with E-state index in [4.69, 9.17) is 16.3 Å². The third-order valence-electron chi connectivity index (χ3n) is 8.07. The fourth-order valence-electron chi connectivity index (χ4n) is 5.46. The number of amides is 3. The Kier molecular flexibility index (Phi) is 10.7. The van der Waals surface area contributed by atoms with E-state index in [2.05, 4.69) is 10.6 Å². The average Bonchev–Trinajstić information content (AvgIpc) is 3.00. The van der Waals surface area contributed by atoms with Gasteiger partial charge >= 0.3 is 6.03 Å². The predicted octanol–water partition coefficient (Wildman–Crippen LogP) is 4.26. The molecule has 230 valence electrons. The molecule has 10 nitrogen and oxygen atoms in total. The fourth-order valence-corrected chi connectivity index (χ4v) is 6.77. The molecule has 0 aromatic heterocycles. The molecule has 2 aromatic carbocycles. The van der Waals surface area contributed by atoms with Crippen molar-refractivity contribution in [2.45, 2.75) is 75.5 Å². The lowest BCUT2D eigenvalue weighted by atomic mass is 9.96. The first-order valence-electron chi connectivity index (χ1n) is 14.5. The maximum atomic E-state index is 13.5. The van der Waals surface area contributed by atoms with Crippen molar-refractivity contribution >= 4 is 39.2 Å². The zero-order valence-corrected chi connectivity index (χ0v) is 26.0. The number of benzene rings is 2. The van der Waals surface area contributed by atoms with Gasteiger partial charge in [0.25, 0.3) is 0 Å². The number of sulfonamides is 1. The van der Waals surface area contributed by atoms with E-state index >= 15 is 0 Å². The highest BCUT2D eigenvalue weighted by Gasteiger charge is 2.33. The van der Waals surface area contributed by atoms with Gasteiger partial charge < -0.3 is 25.4 Å². The molecular weight excluding hydrogens is 580 g/mol. The molecule has 1 saturated carbocycles. The zero-order chi connectivity index (χ0) is 30.4. The number of hydrogen-bond donors (Lipinski definition) is 3. The van der Waals surface area contributed by atoms with E-state index in [1.54, 1.807) is 30.0 Å². The third-order valence-corrected chi connectivity index (χ3v) is 10.2. The largest absolute Gasteiger partial charge is 0.488 e. The number of carbonyl (C=O) groups is 2. The number of aliphatic hydroxyl groups is 1. The molecule has 1 aliphatic carbocycles. The van der Waals surface area contributed by atoms with Gasteiger partial charge in [-0.2, -0.15) is 4.31 Å². The van der Waals surface area contributed by atoms with Gasteiger partial charge in [-0.15, -0.1) is 0 Å². The number of halogens is 1. The van der Waals surface area contributed by atoms with Gasteiger partial charge in [-0.25, -0.2) is 13.2 Å². The van der Waals surface area contributed by atoms with Crippen LogP contribution in [0.4, 0.5) is 10.5 Å². The quantitative estimate of drug-likeness (QED) is 0.405. The number of nitrogens with one attached hydrogen (secondary N) is 2. The summed E-state index contributed by atoms with van der Waals surface area (Å²) in [5.74, 6) is -0.0371. The van der Waals surface area contributed by atoms with Crippen molar-refractivity contribution in [1.82, 2.24) is 14.5 Å². The summed E-state index contributed by atoms with van der Waals surface area (Å²) >= 11 is 5.95. The summed E-state index contributed by atoms with van der Waals surface area (Å²) in [5, 5.41) is 16.2. The normalized spacial score (nSPS) is 21.0. The van der Waals surface area contributed by atoms with Crippen LogP contribution >= 0.6 is 11.6 Å². The van der Waals surface area contributed by atoms with Gasteiger partial charge in [0, 0.05) is 41.8 Å². The molecule has 12 heteroatoms. The highest BCUT2D eigenvalue weighted by Crippen LogP contribution is 2.30. The van der Waals surface area contributed by atoms with E-state index in [1.165, 1.54) is 42.0 Å². The van der Waals surface area contributed by atoms with Crippen LogP contribution in [0, 0.1) is 5.92 Å². The molecule has 1 fully saturated rings. The zero-order valence-electron chi connectivity index (χ0n) is 24.4. The molecule has 0 bridgehead atoms. The molecule has 0 saturated heterocycles. The Labute approximate surface area is 253 Å². The molecule has 3 atom stereocenters. The molecule has 1 heterocycles. The first-order valence-corrected chi connectivity index (χ1v) is 16.3. The fraction of sp³-hybridized carbons (Fsp3) is 0.533. The van der Waals surface area contributed by atoms with Crippen molar-refractivity contribution < 1.29 is 27.9 Å². The van der Waals surface area contributed by atoms with E-state index < -0.39 is 22.2 Å². The van der Waals surface area contributed by atoms with Crippen LogP contribution in [0.2, 0.25) is 5.02 Å². The summed E-state index contributed by atoms with van der Waals surface area (Å²) in [6.07, 6.45) is 4.68. The predicted molar refractivity (Wildman–Crippen MR) is 162 cm³/mol. The molecule has 2 aliphatic rings. The molecular formula is C30H41ClN4O6S. The number of anilines is 1. The smallest absolute Gasteiger partial charge is 0.319 e. The van der Waals surface area contributed by atoms with Crippen LogP contribution in [0.1, 0.15) is 51.5 Å². The second-order valence-corrected chi connectivity index (χ2v) is 13.9. The highest BCUT2D eigenvalue weighted by atomic mass is 35.5. The summed E-state index contributed by atoms with van der Waals surface area (Å²) in [6, 6.07) is 10.5. The topological polar surface area (TPSA) is 128 Å². The Morgan fingerprint density at radius 3 is 2.52 bits per heavy atom. The van der Waals surface area contributed by atoms with E-state index in [1.807, 2.05) is 6.92 Å². The van der Waals surface area contributed by atoms with Gasteiger partial charge in [0.2, 0.25) is 15.9 Å². The number of carbonyl (C=O) groups excluding carboxylic acids is 2. The Bertz CT molecular complexity index is 1350. The maximum absolute atomic E-state index is 13.5. The van der Waals surface area contributed by atoms with Gasteiger partial charge in [-0.05, 0) is 62.2 Å². The van der Waals surface area contributed by atoms with Crippen LogP contribution in [-0.2, 0) is 21.2 Å². The van der Waals surface area contributed by atoms with Gasteiger partial charge in [0.15, 0.2) is 0 Å². The molecule has 0 unspecified atom stereocenters. The van der Waals surface area contributed by atoms with Crippen molar-refractivity contribution in [3.05, 3.63) is 53.1 Å². The minimum Gasteiger partial charge on any atom is -0.488 e. The Morgan fingerprint density at radius 1 is 1.17 bits per heavy atom. The molecule has 1 aliphatic heterocycles. The Morgan fingerprint density at radius 2 is 1.86 bits per heavy atom. The lowest BCUT2D eigenvalue weighted by Crippen LogP contribution is -2.48. The van der Waals surface area contributed by atoms with Crippen LogP contribution in [0.3, 0.4) is 0 Å². The molecule has 0 spiro atoms. The number of urea groups is 1. The van der Waals surface area contributed by atoms with Gasteiger partial charge in [-0.1, -0.05) is 37.8 Å². The number of nitrogens with zero attached hydrogens (tertiary/aromatic N) is 2. The minimum absolute atomic E-state index is 0.00219. The van der Waals surface area contributed by atoms with Crippen LogP contribution in [-0.4, -0.2) is 79.6 Å². The first-order chi connectivity index (χ1) is 20.0. The second-order valence-electron chi connectivity index (χ2n) is 11.4. The van der Waals surface area contributed by atoms with Crippen LogP contribution in [0.5, 0.6) is 5.75 Å². The number of fused-ring (bicyclic) bond motifs is 1. The number of likely N-dealkylation sites (N-methyl/N-ethyl adjacent to an activating group) is 1. The second kappa shape index (κ2) is 14.1. The Balaban J connectivity index is 1.59. The van der Waals surface area contributed by atoms with Gasteiger partial charge in [0.05, 0.1) is 30.5 Å². The van der Waals surface area contributed by atoms with Gasteiger partial charge in [-0.3, -0.25) is 4.79 Å². The highest BCUT2D eigenvalue weighted by molar-refractivity contribution is 7.89. The molecule has 3 amide bonds. The van der Waals surface area contributed by atoms with Crippen molar-refractivity contribution in [2.75, 3.05) is 32.1 Å². The number of ether oxygens (including phenoxy) is 1. The summed E-state index contributed by atoms with van der Waals surface area (Å²) in [4.78, 5) is 27.9. The van der Waals surface area contributed by atoms with E-state index in [0.29, 0.717) is 22.0 Å². The number of hydrogen-bond acceptors (Lipinski definition) is 6. The van der Waals surface area contributed by atoms with Crippen LogP contribution in [0.25, 0.3) is 0 Å². The lowest BCUT2D eigenvalue weighted by Gasteiger charge is -2.33. The van der Waals surface area contributed by atoms with E-state index in [9.17, 15) is 23.1 Å². The van der Waals surface area contributed by atoms with Crippen molar-refractivity contribution in [3.63, 3.8) is 0 Å². The summed E-state index contributed by atoms with van der Waals surface area (Å²) in [5.41, 5.74) is 1.08. The van der Waals surface area contributed by atoms with Crippen molar-refractivity contribution in [1.29, 1.82) is 0 Å². The van der Waals surface area contributed by atoms with Crippen LogP contribution in [0.15, 0.2) is 47.4 Å². The molecule has 0 radical (unpaired) electrons. The molecule has 2 aromatic rings. The SMILES string of the molecule is C[C@H](CO)N1C[C@H](C)[C@@H](CN(C)S(=O)(=O)c2ccc(Cl)cc2)Oc2ccc(NC(=O)NC3CCCCC3)cc2CC1=O. The summed E-state index contributed by atoms with van der Waals surface area (Å²) in [7, 11) is -2.35. The van der Waals surface area contributed by atoms with Crippen molar-refractivity contribution in [2.24, 2.45) is 5.92 Å². The average molecular weight is 621 g/mol. The summed E-state index contributed by atoms with van der Waals surface area (Å²) in [6.45, 7) is 3.73. The van der Waals surface area contributed by atoms with Crippen LogP contribution < -0.4 is 15.4 Å². The lowest BCUT2D eigenvalue weighted by molar-refractivity contribution is -0.134. The third kappa shape index (κ3) is 7.94. The van der Waals surface area contributed by atoms with E-state index in [-0.39, 0.29) is 54.9 Å². The standard InChI is InChI=1S/C30H41ClN4O6S/c1-20-17-35(21(2)19-36)29(37)16-22-15-25(33-30(38)32-24-7-5-4-6-8-24)11-14-27(22)41-28(20)18-34(3)42(39,40)26-12-9-23(31)10-13-26/h9-15,20-21,24,28,36H,4-8,16-19H2,1-3H3,(H2,32,33,38)/t20-,21+,28+/m0/s1. The van der Waals surface area contributed by atoms with Gasteiger partial charge in [0.1, 0.15) is 11.9 Å². The monoisotopic (exact) mass is 620 g/mol. The minimum atomic E-state index is -3.84. The first kappa shape index (κ1) is 32.1. The van der Waals surface area contributed by atoms with E-state index in [0.717, 1.165) is 25.7 Å². The maximum Gasteiger partial charge on any atom is 0.319 e. The number of aliphatic hydroxyl groups excluding tert-OH is 1.